The molecular formula is C16H20N2O3S. The van der Waals surface area contributed by atoms with Crippen LogP contribution in [0.4, 0.5) is 0 Å². The number of carboxylic acid groups (broad SMARTS) is 1. The summed E-state index contributed by atoms with van der Waals surface area (Å²) in [6, 6.07) is 7.50. The van der Waals surface area contributed by atoms with Gasteiger partial charge >= 0.3 is 5.97 Å². The van der Waals surface area contributed by atoms with Crippen LogP contribution in [-0.2, 0) is 16.1 Å². The molecule has 0 saturated carbocycles. The van der Waals surface area contributed by atoms with E-state index in [-0.39, 0.29) is 5.91 Å². The highest BCUT2D eigenvalue weighted by atomic mass is 32.1. The van der Waals surface area contributed by atoms with Crippen molar-refractivity contribution in [1.82, 2.24) is 10.2 Å². The smallest absolute Gasteiger partial charge is 0.320 e. The summed E-state index contributed by atoms with van der Waals surface area (Å²) in [5.74, 6) is -0.966. The fraction of sp³-hybridized carbons (Fsp3) is 0.375. The van der Waals surface area contributed by atoms with Crippen LogP contribution in [0.2, 0.25) is 0 Å². The third-order valence-electron chi connectivity index (χ3n) is 3.61. The molecule has 118 valence electrons. The van der Waals surface area contributed by atoms with E-state index >= 15 is 0 Å². The molecule has 0 aliphatic rings. The van der Waals surface area contributed by atoms with Crippen LogP contribution >= 0.6 is 11.3 Å². The quantitative estimate of drug-likeness (QED) is 0.821. The maximum atomic E-state index is 11.3. The van der Waals surface area contributed by atoms with Gasteiger partial charge in [-0.25, -0.2) is 0 Å². The number of amides is 1. The van der Waals surface area contributed by atoms with Crippen molar-refractivity contribution in [2.24, 2.45) is 0 Å². The predicted molar refractivity (Wildman–Crippen MR) is 88.0 cm³/mol. The average molecular weight is 320 g/mol. The molecule has 0 aliphatic carbocycles. The Morgan fingerprint density at radius 2 is 2.09 bits per heavy atom. The predicted octanol–water partition coefficient (Wildman–Crippen LogP) is 2.31. The SMILES string of the molecule is CC(=O)NCCN(Cc1csc2ccccc12)C(C)C(=O)O. The van der Waals surface area contributed by atoms with Crippen LogP contribution in [-0.4, -0.2) is 41.0 Å². The molecule has 6 heteroatoms. The Bertz CT molecular complexity index is 668. The van der Waals surface area contributed by atoms with Crippen LogP contribution in [0.1, 0.15) is 19.4 Å². The Hall–Kier alpha value is -1.92. The summed E-state index contributed by atoms with van der Waals surface area (Å²) >= 11 is 1.66. The molecule has 0 saturated heterocycles. The lowest BCUT2D eigenvalue weighted by atomic mass is 10.1. The molecule has 1 amide bonds. The minimum atomic E-state index is -0.859. The largest absolute Gasteiger partial charge is 0.480 e. The normalized spacial score (nSPS) is 12.5. The number of aliphatic carboxylic acids is 1. The third-order valence-corrected chi connectivity index (χ3v) is 4.62. The molecule has 1 unspecified atom stereocenters. The van der Waals surface area contributed by atoms with E-state index in [1.807, 2.05) is 17.0 Å². The van der Waals surface area contributed by atoms with Crippen LogP contribution < -0.4 is 5.32 Å². The average Bonchev–Trinajstić information content (AvgIpc) is 2.88. The summed E-state index contributed by atoms with van der Waals surface area (Å²) in [4.78, 5) is 24.1. The second kappa shape index (κ2) is 7.38. The molecule has 2 aromatic rings. The fourth-order valence-corrected chi connectivity index (χ4v) is 3.27. The summed E-state index contributed by atoms with van der Waals surface area (Å²) in [7, 11) is 0. The highest BCUT2D eigenvalue weighted by Crippen LogP contribution is 2.27. The highest BCUT2D eigenvalue weighted by Gasteiger charge is 2.21. The van der Waals surface area contributed by atoms with Gasteiger partial charge in [0.1, 0.15) is 6.04 Å². The molecule has 22 heavy (non-hydrogen) atoms. The lowest BCUT2D eigenvalue weighted by Gasteiger charge is -2.26. The molecule has 5 nitrogen and oxygen atoms in total. The number of carboxylic acids is 1. The van der Waals surface area contributed by atoms with Crippen LogP contribution in [0, 0.1) is 0 Å². The van der Waals surface area contributed by atoms with E-state index in [4.69, 9.17) is 0 Å². The van der Waals surface area contributed by atoms with Gasteiger partial charge in [0.05, 0.1) is 0 Å². The number of carbonyl (C=O) groups is 2. The van der Waals surface area contributed by atoms with Crippen molar-refractivity contribution in [1.29, 1.82) is 0 Å². The first-order valence-electron chi connectivity index (χ1n) is 7.15. The van der Waals surface area contributed by atoms with Crippen LogP contribution in [0.25, 0.3) is 10.1 Å². The molecule has 0 spiro atoms. The number of nitrogens with zero attached hydrogens (tertiary/aromatic N) is 1. The summed E-state index contributed by atoms with van der Waals surface area (Å²) in [5.41, 5.74) is 1.12. The second-order valence-corrected chi connectivity index (χ2v) is 6.14. The molecule has 0 aliphatic heterocycles. The molecule has 0 bridgehead atoms. The van der Waals surface area contributed by atoms with Crippen LogP contribution in [0.5, 0.6) is 0 Å². The lowest BCUT2D eigenvalue weighted by Crippen LogP contribution is -2.42. The van der Waals surface area contributed by atoms with E-state index in [9.17, 15) is 14.7 Å². The Labute approximate surface area is 133 Å². The molecule has 2 N–H and O–H groups in total. The number of rotatable bonds is 7. The molecular weight excluding hydrogens is 300 g/mol. The van der Waals surface area contributed by atoms with Crippen molar-refractivity contribution in [2.45, 2.75) is 26.4 Å². The van der Waals surface area contributed by atoms with Gasteiger partial charge in [0.25, 0.3) is 0 Å². The zero-order valence-electron chi connectivity index (χ0n) is 12.7. The molecule has 1 aromatic heterocycles. The Morgan fingerprint density at radius 3 is 2.77 bits per heavy atom. The minimum Gasteiger partial charge on any atom is -0.480 e. The van der Waals surface area contributed by atoms with E-state index in [0.29, 0.717) is 19.6 Å². The molecule has 0 radical (unpaired) electrons. The number of benzene rings is 1. The minimum absolute atomic E-state index is 0.107. The topological polar surface area (TPSA) is 69.6 Å². The van der Waals surface area contributed by atoms with E-state index in [2.05, 4.69) is 22.8 Å². The zero-order valence-corrected chi connectivity index (χ0v) is 13.5. The molecule has 2 rings (SSSR count). The van der Waals surface area contributed by atoms with Gasteiger partial charge in [-0.3, -0.25) is 14.5 Å². The summed E-state index contributed by atoms with van der Waals surface area (Å²) < 4.78 is 1.20. The number of fused-ring (bicyclic) bond motifs is 1. The van der Waals surface area contributed by atoms with Crippen molar-refractivity contribution < 1.29 is 14.7 Å². The van der Waals surface area contributed by atoms with Gasteiger partial charge in [-0.05, 0) is 29.3 Å². The van der Waals surface area contributed by atoms with Crippen molar-refractivity contribution in [3.63, 3.8) is 0 Å². The monoisotopic (exact) mass is 320 g/mol. The molecule has 1 atom stereocenters. The van der Waals surface area contributed by atoms with Gasteiger partial charge in [-0.15, -0.1) is 11.3 Å². The number of hydrogen-bond acceptors (Lipinski definition) is 4. The first-order valence-corrected chi connectivity index (χ1v) is 8.03. The van der Waals surface area contributed by atoms with Crippen LogP contribution in [0.3, 0.4) is 0 Å². The number of thiophene rings is 1. The second-order valence-electron chi connectivity index (χ2n) is 5.22. The standard InChI is InChI=1S/C16H20N2O3S/c1-11(16(20)21)18(8-7-17-12(2)19)9-13-10-22-15-6-4-3-5-14(13)15/h3-6,10-11H,7-9H2,1-2H3,(H,17,19)(H,20,21). The number of nitrogens with one attached hydrogen (secondary N) is 1. The maximum absolute atomic E-state index is 11.3. The van der Waals surface area contributed by atoms with Gasteiger partial charge in [-0.1, -0.05) is 18.2 Å². The van der Waals surface area contributed by atoms with Crippen molar-refractivity contribution >= 4 is 33.3 Å². The van der Waals surface area contributed by atoms with E-state index < -0.39 is 12.0 Å². The van der Waals surface area contributed by atoms with Gasteiger partial charge < -0.3 is 10.4 Å². The van der Waals surface area contributed by atoms with Crippen molar-refractivity contribution in [3.05, 3.63) is 35.2 Å². The molecule has 0 fully saturated rings. The zero-order chi connectivity index (χ0) is 16.1. The Morgan fingerprint density at radius 1 is 1.36 bits per heavy atom. The summed E-state index contributed by atoms with van der Waals surface area (Å²) in [6.45, 7) is 4.62. The number of hydrogen-bond donors (Lipinski definition) is 2. The lowest BCUT2D eigenvalue weighted by molar-refractivity contribution is -0.142. The van der Waals surface area contributed by atoms with E-state index in [1.165, 1.54) is 11.6 Å². The Kier molecular flexibility index (Phi) is 5.51. The van der Waals surface area contributed by atoms with Crippen molar-refractivity contribution in [3.8, 4) is 0 Å². The van der Waals surface area contributed by atoms with Gasteiger partial charge in [0.15, 0.2) is 0 Å². The van der Waals surface area contributed by atoms with Crippen LogP contribution in [0.15, 0.2) is 29.6 Å². The molecule has 1 aromatic carbocycles. The first kappa shape index (κ1) is 16.5. The molecule has 1 heterocycles. The van der Waals surface area contributed by atoms with Gasteiger partial charge in [0, 0.05) is 31.3 Å². The fourth-order valence-electron chi connectivity index (χ4n) is 2.32. The highest BCUT2D eigenvalue weighted by molar-refractivity contribution is 7.17. The Balaban J connectivity index is 2.14. The summed E-state index contributed by atoms with van der Waals surface area (Å²) in [5, 5.41) is 15.2. The summed E-state index contributed by atoms with van der Waals surface area (Å²) in [6.07, 6.45) is 0. The van der Waals surface area contributed by atoms with Gasteiger partial charge in [0.2, 0.25) is 5.91 Å². The van der Waals surface area contributed by atoms with Gasteiger partial charge in [-0.2, -0.15) is 0 Å². The number of carbonyl (C=O) groups excluding carboxylic acids is 1. The van der Waals surface area contributed by atoms with E-state index in [1.54, 1.807) is 18.3 Å². The third kappa shape index (κ3) is 4.05. The first-order chi connectivity index (χ1) is 10.5. The maximum Gasteiger partial charge on any atom is 0.320 e. The van der Waals surface area contributed by atoms with E-state index in [0.717, 1.165) is 10.9 Å². The van der Waals surface area contributed by atoms with Crippen molar-refractivity contribution in [2.75, 3.05) is 13.1 Å².